The molecule has 6 heteroatoms. The van der Waals surface area contributed by atoms with E-state index in [0.717, 1.165) is 17.4 Å². The molecule has 0 aliphatic rings. The summed E-state index contributed by atoms with van der Waals surface area (Å²) < 4.78 is 7.69. The Balaban J connectivity index is 2.79. The Kier molecular flexibility index (Phi) is 6.00. The number of esters is 1. The standard InChI is InChI=1S/C13H22BrN3O2/c1-5-6-15-13(3,12(18)19-4)7-10(2)17-9-11(14)8-16-17/h8-10,15H,5-7H2,1-4H3. The third kappa shape index (κ3) is 4.31. The van der Waals surface area contributed by atoms with Gasteiger partial charge in [-0.3, -0.25) is 9.48 Å². The number of methoxy groups -OCH3 is 1. The molecule has 0 radical (unpaired) electrons. The van der Waals surface area contributed by atoms with E-state index in [0.29, 0.717) is 6.42 Å². The SMILES string of the molecule is CCCNC(C)(CC(C)n1cc(Br)cn1)C(=O)OC. The summed E-state index contributed by atoms with van der Waals surface area (Å²) in [6, 6.07) is 0.0970. The van der Waals surface area contributed by atoms with Crippen LogP contribution in [0.15, 0.2) is 16.9 Å². The third-order valence-electron chi connectivity index (χ3n) is 3.13. The normalized spacial score (nSPS) is 15.8. The fourth-order valence-electron chi connectivity index (χ4n) is 2.09. The Bertz CT molecular complexity index is 422. The number of nitrogens with one attached hydrogen (secondary N) is 1. The Labute approximate surface area is 122 Å². The largest absolute Gasteiger partial charge is 0.468 e. The summed E-state index contributed by atoms with van der Waals surface area (Å²) in [4.78, 5) is 12.0. The van der Waals surface area contributed by atoms with Gasteiger partial charge in [-0.05, 0) is 49.2 Å². The maximum Gasteiger partial charge on any atom is 0.325 e. The number of rotatable bonds is 7. The van der Waals surface area contributed by atoms with Crippen LogP contribution >= 0.6 is 15.9 Å². The Morgan fingerprint density at radius 1 is 1.68 bits per heavy atom. The Morgan fingerprint density at radius 2 is 2.37 bits per heavy atom. The maximum absolute atomic E-state index is 12.0. The summed E-state index contributed by atoms with van der Waals surface area (Å²) in [5.74, 6) is -0.237. The molecule has 1 rings (SSSR count). The van der Waals surface area contributed by atoms with Gasteiger partial charge in [-0.25, -0.2) is 0 Å². The molecule has 1 aromatic rings. The second kappa shape index (κ2) is 7.05. The summed E-state index contributed by atoms with van der Waals surface area (Å²) in [5.41, 5.74) is -0.692. The molecule has 108 valence electrons. The molecule has 0 spiro atoms. The second-order valence-electron chi connectivity index (χ2n) is 4.94. The predicted molar refractivity (Wildman–Crippen MR) is 78.0 cm³/mol. The molecule has 0 saturated carbocycles. The molecule has 1 heterocycles. The molecule has 19 heavy (non-hydrogen) atoms. The molecule has 0 saturated heterocycles. The quantitative estimate of drug-likeness (QED) is 0.780. The summed E-state index contributed by atoms with van der Waals surface area (Å²) >= 11 is 3.37. The molecule has 0 aromatic carbocycles. The van der Waals surface area contributed by atoms with Crippen LogP contribution in [0.5, 0.6) is 0 Å². The van der Waals surface area contributed by atoms with Crippen molar-refractivity contribution >= 4 is 21.9 Å². The Morgan fingerprint density at radius 3 is 2.84 bits per heavy atom. The molecule has 1 aromatic heterocycles. The third-order valence-corrected chi connectivity index (χ3v) is 3.54. The second-order valence-corrected chi connectivity index (χ2v) is 5.86. The van der Waals surface area contributed by atoms with Crippen molar-refractivity contribution in [3.8, 4) is 0 Å². The van der Waals surface area contributed by atoms with Crippen LogP contribution in [0.3, 0.4) is 0 Å². The fraction of sp³-hybridized carbons (Fsp3) is 0.692. The van der Waals surface area contributed by atoms with E-state index in [-0.39, 0.29) is 12.0 Å². The van der Waals surface area contributed by atoms with Crippen molar-refractivity contribution in [3.63, 3.8) is 0 Å². The van der Waals surface area contributed by atoms with Crippen LogP contribution in [0, 0.1) is 0 Å². The van der Waals surface area contributed by atoms with Gasteiger partial charge in [0.15, 0.2) is 0 Å². The van der Waals surface area contributed by atoms with E-state index >= 15 is 0 Å². The van der Waals surface area contributed by atoms with E-state index in [9.17, 15) is 4.79 Å². The first-order chi connectivity index (χ1) is 8.92. The van der Waals surface area contributed by atoms with Crippen LogP contribution in [-0.4, -0.2) is 34.9 Å². The minimum Gasteiger partial charge on any atom is -0.468 e. The molecule has 0 aliphatic heterocycles. The number of hydrogen-bond donors (Lipinski definition) is 1. The first kappa shape index (κ1) is 16.2. The van der Waals surface area contributed by atoms with Crippen molar-refractivity contribution < 1.29 is 9.53 Å². The van der Waals surface area contributed by atoms with Gasteiger partial charge >= 0.3 is 5.97 Å². The van der Waals surface area contributed by atoms with Crippen molar-refractivity contribution in [2.75, 3.05) is 13.7 Å². The van der Waals surface area contributed by atoms with Gasteiger partial charge < -0.3 is 10.1 Å². The van der Waals surface area contributed by atoms with Crippen LogP contribution in [-0.2, 0) is 9.53 Å². The van der Waals surface area contributed by atoms with Crippen LogP contribution in [0.1, 0.15) is 39.7 Å². The van der Waals surface area contributed by atoms with Gasteiger partial charge in [-0.1, -0.05) is 6.92 Å². The van der Waals surface area contributed by atoms with Gasteiger partial charge in [0.05, 0.1) is 23.8 Å². The Hall–Kier alpha value is -0.880. The van der Waals surface area contributed by atoms with Crippen molar-refractivity contribution in [1.29, 1.82) is 0 Å². The average Bonchev–Trinajstić information content (AvgIpc) is 2.82. The molecule has 0 fully saturated rings. The zero-order chi connectivity index (χ0) is 14.5. The average molecular weight is 332 g/mol. The van der Waals surface area contributed by atoms with E-state index in [2.05, 4.69) is 33.3 Å². The number of aromatic nitrogens is 2. The maximum atomic E-state index is 12.0. The zero-order valence-electron chi connectivity index (χ0n) is 11.9. The highest BCUT2D eigenvalue weighted by Gasteiger charge is 2.35. The monoisotopic (exact) mass is 331 g/mol. The van der Waals surface area contributed by atoms with Gasteiger partial charge in [0.2, 0.25) is 0 Å². The molecular weight excluding hydrogens is 310 g/mol. The van der Waals surface area contributed by atoms with Crippen molar-refractivity contribution in [2.24, 2.45) is 0 Å². The molecular formula is C13H22BrN3O2. The highest BCUT2D eigenvalue weighted by molar-refractivity contribution is 9.10. The highest BCUT2D eigenvalue weighted by Crippen LogP contribution is 2.23. The van der Waals surface area contributed by atoms with Gasteiger partial charge in [0, 0.05) is 6.20 Å². The zero-order valence-corrected chi connectivity index (χ0v) is 13.5. The van der Waals surface area contributed by atoms with E-state index in [4.69, 9.17) is 4.74 Å². The summed E-state index contributed by atoms with van der Waals surface area (Å²) in [7, 11) is 1.42. The number of nitrogens with zero attached hydrogens (tertiary/aromatic N) is 2. The number of halogens is 1. The van der Waals surface area contributed by atoms with E-state index in [1.807, 2.05) is 24.7 Å². The smallest absolute Gasteiger partial charge is 0.325 e. The van der Waals surface area contributed by atoms with Gasteiger partial charge in [0.1, 0.15) is 5.54 Å². The molecule has 2 atom stereocenters. The topological polar surface area (TPSA) is 56.2 Å². The van der Waals surface area contributed by atoms with Gasteiger partial charge in [-0.15, -0.1) is 0 Å². The van der Waals surface area contributed by atoms with E-state index in [1.54, 1.807) is 6.20 Å². The summed E-state index contributed by atoms with van der Waals surface area (Å²) in [5, 5.41) is 7.53. The first-order valence-electron chi connectivity index (χ1n) is 6.46. The van der Waals surface area contributed by atoms with Crippen LogP contribution in [0.25, 0.3) is 0 Å². The number of carbonyl (C=O) groups is 1. The van der Waals surface area contributed by atoms with Gasteiger partial charge in [0.25, 0.3) is 0 Å². The molecule has 2 unspecified atom stereocenters. The van der Waals surface area contributed by atoms with Crippen LogP contribution < -0.4 is 5.32 Å². The number of ether oxygens (including phenoxy) is 1. The van der Waals surface area contributed by atoms with Gasteiger partial charge in [-0.2, -0.15) is 5.10 Å². The summed E-state index contributed by atoms with van der Waals surface area (Å²) in [6.07, 6.45) is 5.23. The van der Waals surface area contributed by atoms with Crippen LogP contribution in [0.2, 0.25) is 0 Å². The van der Waals surface area contributed by atoms with Crippen LogP contribution in [0.4, 0.5) is 0 Å². The fourth-order valence-corrected chi connectivity index (χ4v) is 2.40. The van der Waals surface area contributed by atoms with E-state index in [1.165, 1.54) is 7.11 Å². The minimum atomic E-state index is -0.692. The lowest BCUT2D eigenvalue weighted by Crippen LogP contribution is -2.51. The molecule has 0 aliphatic carbocycles. The molecule has 1 N–H and O–H groups in total. The van der Waals surface area contributed by atoms with Crippen molar-refractivity contribution in [3.05, 3.63) is 16.9 Å². The predicted octanol–water partition coefficient (Wildman–Crippen LogP) is 2.53. The highest BCUT2D eigenvalue weighted by atomic mass is 79.9. The van der Waals surface area contributed by atoms with E-state index < -0.39 is 5.54 Å². The minimum absolute atomic E-state index is 0.0970. The molecule has 0 amide bonds. The lowest BCUT2D eigenvalue weighted by atomic mass is 9.93. The lowest BCUT2D eigenvalue weighted by molar-refractivity contribution is -0.148. The first-order valence-corrected chi connectivity index (χ1v) is 7.25. The lowest BCUT2D eigenvalue weighted by Gasteiger charge is -2.30. The number of carbonyl (C=O) groups excluding carboxylic acids is 1. The van der Waals surface area contributed by atoms with Crippen molar-refractivity contribution in [1.82, 2.24) is 15.1 Å². The molecule has 0 bridgehead atoms. The number of hydrogen-bond acceptors (Lipinski definition) is 4. The summed E-state index contributed by atoms with van der Waals surface area (Å²) in [6.45, 7) is 6.76. The molecule has 5 nitrogen and oxygen atoms in total. The van der Waals surface area contributed by atoms with Crippen molar-refractivity contribution in [2.45, 2.75) is 45.2 Å².